The van der Waals surface area contributed by atoms with Gasteiger partial charge in [0.2, 0.25) is 0 Å². The Hall–Kier alpha value is -2.73. The van der Waals surface area contributed by atoms with Crippen molar-refractivity contribution in [3.8, 4) is 11.5 Å². The molecule has 1 saturated carbocycles. The van der Waals surface area contributed by atoms with Crippen LogP contribution in [0.15, 0.2) is 36.4 Å². The van der Waals surface area contributed by atoms with Crippen LogP contribution in [0.2, 0.25) is 0 Å². The maximum absolute atomic E-state index is 13.3. The predicted octanol–water partition coefficient (Wildman–Crippen LogP) is 4.34. The number of fused-ring (bicyclic) bond motifs is 3. The second-order valence-electron chi connectivity index (χ2n) is 8.71. The number of carbonyl (C=O) groups excluding carboxylic acids is 1. The van der Waals surface area contributed by atoms with Crippen molar-refractivity contribution in [1.29, 1.82) is 0 Å². The lowest BCUT2D eigenvalue weighted by atomic mass is 9.71. The molecule has 1 unspecified atom stereocenters. The second-order valence-corrected chi connectivity index (χ2v) is 8.71. The van der Waals surface area contributed by atoms with E-state index in [-0.39, 0.29) is 17.5 Å². The van der Waals surface area contributed by atoms with E-state index in [1.54, 1.807) is 0 Å². The molecular weight excluding hydrogens is 378 g/mol. The van der Waals surface area contributed by atoms with Gasteiger partial charge in [-0.05, 0) is 60.7 Å². The summed E-state index contributed by atoms with van der Waals surface area (Å²) in [5.41, 5.74) is 10.0. The fraction of sp³-hybridized carbons (Fsp3) is 0.458. The minimum absolute atomic E-state index is 0.00156. The largest absolute Gasteiger partial charge is 0.486 e. The first-order valence-corrected chi connectivity index (χ1v) is 10.9. The van der Waals surface area contributed by atoms with Gasteiger partial charge in [-0.1, -0.05) is 25.0 Å². The molecule has 158 valence electrons. The molecule has 0 saturated heterocycles. The molecule has 1 aliphatic carbocycles. The van der Waals surface area contributed by atoms with Crippen molar-refractivity contribution < 1.29 is 14.3 Å². The van der Waals surface area contributed by atoms with Crippen LogP contribution in [0.3, 0.4) is 0 Å². The average molecular weight is 408 g/mol. The van der Waals surface area contributed by atoms with Crippen molar-refractivity contribution in [2.45, 2.75) is 50.6 Å². The molecule has 1 atom stereocenters. The van der Waals surface area contributed by atoms with Crippen LogP contribution in [0.25, 0.3) is 0 Å². The molecule has 0 bridgehead atoms. The first-order valence-electron chi connectivity index (χ1n) is 10.9. The van der Waals surface area contributed by atoms with E-state index in [0.29, 0.717) is 19.8 Å². The first kappa shape index (κ1) is 19.2. The summed E-state index contributed by atoms with van der Waals surface area (Å²) in [7, 11) is 0. The lowest BCUT2D eigenvalue weighted by molar-refractivity contribution is 0.149. The molecule has 0 radical (unpaired) electrons. The van der Waals surface area contributed by atoms with Crippen molar-refractivity contribution in [3.05, 3.63) is 53.1 Å². The van der Waals surface area contributed by atoms with Crippen molar-refractivity contribution in [3.63, 3.8) is 0 Å². The summed E-state index contributed by atoms with van der Waals surface area (Å²) < 4.78 is 11.7. The monoisotopic (exact) mass is 407 g/mol. The van der Waals surface area contributed by atoms with Gasteiger partial charge in [0, 0.05) is 24.2 Å². The van der Waals surface area contributed by atoms with Crippen LogP contribution >= 0.6 is 0 Å². The highest BCUT2D eigenvalue weighted by Gasteiger charge is 2.46. The Kier molecular flexibility index (Phi) is 4.82. The maximum atomic E-state index is 13.3. The first-order chi connectivity index (χ1) is 14.6. The molecule has 0 aromatic heterocycles. The van der Waals surface area contributed by atoms with E-state index in [0.717, 1.165) is 42.1 Å². The summed E-state index contributed by atoms with van der Waals surface area (Å²) in [6.45, 7) is 4.48. The van der Waals surface area contributed by atoms with Crippen LogP contribution in [0.1, 0.15) is 55.3 Å². The highest BCUT2D eigenvalue weighted by molar-refractivity contribution is 5.90. The van der Waals surface area contributed by atoms with Gasteiger partial charge in [-0.15, -0.1) is 0 Å². The minimum atomic E-state index is -0.0604. The Bertz CT molecular complexity index is 951. The molecular formula is C24H29N3O3. The molecule has 1 spiro atoms. The summed E-state index contributed by atoms with van der Waals surface area (Å²) in [5.74, 6) is 1.64. The van der Waals surface area contributed by atoms with E-state index in [4.69, 9.17) is 15.2 Å². The number of amides is 2. The van der Waals surface area contributed by atoms with Crippen LogP contribution < -0.4 is 20.5 Å². The molecule has 6 nitrogen and oxygen atoms in total. The van der Waals surface area contributed by atoms with Gasteiger partial charge in [-0.25, -0.2) is 4.79 Å². The van der Waals surface area contributed by atoms with E-state index < -0.39 is 0 Å². The molecule has 5 rings (SSSR count). The molecule has 2 heterocycles. The Labute approximate surface area is 177 Å². The number of rotatable bonds is 2. The zero-order valence-electron chi connectivity index (χ0n) is 17.4. The number of benzene rings is 2. The van der Waals surface area contributed by atoms with E-state index in [1.807, 2.05) is 29.2 Å². The van der Waals surface area contributed by atoms with Gasteiger partial charge in [0.15, 0.2) is 11.5 Å². The molecule has 3 aliphatic rings. The molecule has 3 N–H and O–H groups in total. The van der Waals surface area contributed by atoms with Crippen LogP contribution in [0, 0.1) is 0 Å². The van der Waals surface area contributed by atoms with Crippen molar-refractivity contribution in [2.75, 3.05) is 25.1 Å². The molecule has 2 aromatic carbocycles. The normalized spacial score (nSPS) is 21.4. The number of anilines is 1. The zero-order chi connectivity index (χ0) is 20.7. The smallest absolute Gasteiger partial charge is 0.322 e. The van der Waals surface area contributed by atoms with E-state index in [9.17, 15) is 4.79 Å². The van der Waals surface area contributed by atoms with E-state index >= 15 is 0 Å². The summed E-state index contributed by atoms with van der Waals surface area (Å²) in [5, 5.41) is 3.08. The Morgan fingerprint density at radius 3 is 2.47 bits per heavy atom. The molecule has 2 amide bonds. The fourth-order valence-electron chi connectivity index (χ4n) is 5.27. The number of ether oxygens (including phenoxy) is 2. The third-order valence-corrected chi connectivity index (χ3v) is 6.94. The molecule has 2 aromatic rings. The predicted molar refractivity (Wildman–Crippen MR) is 116 cm³/mol. The summed E-state index contributed by atoms with van der Waals surface area (Å²) in [6, 6.07) is 11.9. The van der Waals surface area contributed by atoms with Gasteiger partial charge >= 0.3 is 6.03 Å². The molecule has 6 heteroatoms. The van der Waals surface area contributed by atoms with Crippen LogP contribution in [0.4, 0.5) is 10.5 Å². The Morgan fingerprint density at radius 1 is 1.13 bits per heavy atom. The van der Waals surface area contributed by atoms with Gasteiger partial charge < -0.3 is 25.4 Å². The molecule has 30 heavy (non-hydrogen) atoms. The lowest BCUT2D eigenvalue weighted by Gasteiger charge is -2.46. The molecule has 1 fully saturated rings. The minimum Gasteiger partial charge on any atom is -0.486 e. The summed E-state index contributed by atoms with van der Waals surface area (Å²) in [6.07, 6.45) is 4.58. The second kappa shape index (κ2) is 7.51. The van der Waals surface area contributed by atoms with Gasteiger partial charge in [0.05, 0.1) is 6.04 Å². The number of nitrogens with two attached hydrogens (primary N) is 1. The quantitative estimate of drug-likeness (QED) is 0.777. The van der Waals surface area contributed by atoms with Crippen molar-refractivity contribution in [2.24, 2.45) is 5.73 Å². The summed E-state index contributed by atoms with van der Waals surface area (Å²) in [4.78, 5) is 15.3. The van der Waals surface area contributed by atoms with E-state index in [1.165, 1.54) is 24.0 Å². The highest BCUT2D eigenvalue weighted by atomic mass is 16.6. The lowest BCUT2D eigenvalue weighted by Crippen LogP contribution is -2.50. The number of hydrogen-bond donors (Lipinski definition) is 2. The number of nitrogens with one attached hydrogen (secondary N) is 1. The third kappa shape index (κ3) is 3.19. The third-order valence-electron chi connectivity index (χ3n) is 6.94. The van der Waals surface area contributed by atoms with Gasteiger partial charge in [0.1, 0.15) is 13.2 Å². The summed E-state index contributed by atoms with van der Waals surface area (Å²) >= 11 is 0. The van der Waals surface area contributed by atoms with Gasteiger partial charge in [0.25, 0.3) is 0 Å². The number of urea groups is 1. The van der Waals surface area contributed by atoms with E-state index in [2.05, 4.69) is 24.4 Å². The van der Waals surface area contributed by atoms with Crippen LogP contribution in [-0.4, -0.2) is 30.7 Å². The van der Waals surface area contributed by atoms with Crippen molar-refractivity contribution >= 4 is 11.7 Å². The Balaban J connectivity index is 1.48. The van der Waals surface area contributed by atoms with Gasteiger partial charge in [-0.2, -0.15) is 0 Å². The Morgan fingerprint density at radius 2 is 1.80 bits per heavy atom. The van der Waals surface area contributed by atoms with Crippen LogP contribution in [-0.2, 0) is 12.0 Å². The maximum Gasteiger partial charge on any atom is 0.322 e. The highest BCUT2D eigenvalue weighted by Crippen LogP contribution is 2.51. The average Bonchev–Trinajstić information content (AvgIpc) is 3.25. The number of carbonyl (C=O) groups is 1. The SMILES string of the molecule is CC1c2cc3c(cc2C2(CCCC2)CN1C(=O)Nc1ccc(CN)cc1)OCCO3. The van der Waals surface area contributed by atoms with Crippen molar-refractivity contribution in [1.82, 2.24) is 4.90 Å². The number of nitrogens with zero attached hydrogens (tertiary/aromatic N) is 1. The van der Waals surface area contributed by atoms with Crippen LogP contribution in [0.5, 0.6) is 11.5 Å². The van der Waals surface area contributed by atoms with Gasteiger partial charge in [-0.3, -0.25) is 0 Å². The molecule has 2 aliphatic heterocycles. The zero-order valence-corrected chi connectivity index (χ0v) is 17.4. The topological polar surface area (TPSA) is 76.8 Å². The number of hydrogen-bond acceptors (Lipinski definition) is 4. The fourth-order valence-corrected chi connectivity index (χ4v) is 5.27. The standard InChI is InChI=1S/C24H29N3O3/c1-16-19-12-21-22(30-11-10-29-21)13-20(19)24(8-2-3-9-24)15-27(16)23(28)26-18-6-4-17(14-25)5-7-18/h4-7,12-13,16H,2-3,8-11,14-15,25H2,1H3,(H,26,28).